The molecule has 1 fully saturated rings. The molecular weight excluding hydrogens is 242 g/mol. The molecular formula is C15H21NO3. The number of carbonyl (C=O) groups excluding carboxylic acids is 1. The predicted molar refractivity (Wildman–Crippen MR) is 73.8 cm³/mol. The molecule has 0 aromatic heterocycles. The number of ketones is 1. The Hall–Kier alpha value is -1.39. The first-order valence-electron chi connectivity index (χ1n) is 6.65. The molecule has 0 bridgehead atoms. The van der Waals surface area contributed by atoms with E-state index in [2.05, 4.69) is 18.7 Å². The average Bonchev–Trinajstić information content (AvgIpc) is 2.46. The van der Waals surface area contributed by atoms with Crippen molar-refractivity contribution >= 4 is 5.78 Å². The summed E-state index contributed by atoms with van der Waals surface area (Å²) >= 11 is 0. The molecule has 1 saturated heterocycles. The zero-order valence-corrected chi connectivity index (χ0v) is 11.8. The van der Waals surface area contributed by atoms with Gasteiger partial charge in [-0.3, -0.25) is 9.69 Å². The molecule has 4 nitrogen and oxygen atoms in total. The van der Waals surface area contributed by atoms with E-state index in [1.54, 1.807) is 31.4 Å². The van der Waals surface area contributed by atoms with Crippen LogP contribution in [-0.4, -0.2) is 49.6 Å². The van der Waals surface area contributed by atoms with Gasteiger partial charge in [-0.1, -0.05) is 0 Å². The molecule has 19 heavy (non-hydrogen) atoms. The van der Waals surface area contributed by atoms with Gasteiger partial charge in [0.25, 0.3) is 0 Å². The van der Waals surface area contributed by atoms with Crippen LogP contribution in [0.1, 0.15) is 24.2 Å². The van der Waals surface area contributed by atoms with Crippen molar-refractivity contribution in [1.29, 1.82) is 0 Å². The topological polar surface area (TPSA) is 38.8 Å². The lowest BCUT2D eigenvalue weighted by Gasteiger charge is -2.34. The van der Waals surface area contributed by atoms with Crippen LogP contribution in [0.4, 0.5) is 0 Å². The molecule has 0 radical (unpaired) electrons. The third-order valence-corrected chi connectivity index (χ3v) is 3.50. The van der Waals surface area contributed by atoms with E-state index in [0.717, 1.165) is 12.3 Å². The second kappa shape index (κ2) is 6.17. The van der Waals surface area contributed by atoms with Crippen molar-refractivity contribution in [2.45, 2.75) is 26.0 Å². The minimum Gasteiger partial charge on any atom is -0.497 e. The lowest BCUT2D eigenvalue weighted by atomic mass is 10.0. The van der Waals surface area contributed by atoms with Crippen molar-refractivity contribution < 1.29 is 14.3 Å². The van der Waals surface area contributed by atoms with Gasteiger partial charge in [0, 0.05) is 24.7 Å². The van der Waals surface area contributed by atoms with Gasteiger partial charge in [0.05, 0.1) is 13.7 Å². The number of methoxy groups -OCH3 is 1. The number of rotatable bonds is 4. The Morgan fingerprint density at radius 1 is 1.37 bits per heavy atom. The van der Waals surface area contributed by atoms with Crippen LogP contribution in [0.2, 0.25) is 0 Å². The van der Waals surface area contributed by atoms with Crippen molar-refractivity contribution in [3.63, 3.8) is 0 Å². The molecule has 1 aromatic rings. The highest BCUT2D eigenvalue weighted by atomic mass is 16.5. The van der Waals surface area contributed by atoms with Gasteiger partial charge in [0.15, 0.2) is 5.78 Å². The van der Waals surface area contributed by atoms with Gasteiger partial charge in [0.2, 0.25) is 0 Å². The van der Waals surface area contributed by atoms with Crippen LogP contribution >= 0.6 is 0 Å². The Morgan fingerprint density at radius 3 is 2.63 bits per heavy atom. The zero-order chi connectivity index (χ0) is 13.8. The SMILES string of the molecule is COc1ccc(C(=O)C2CN(C(C)C)CCO2)cc1. The maximum absolute atomic E-state index is 12.4. The highest BCUT2D eigenvalue weighted by Crippen LogP contribution is 2.16. The average molecular weight is 263 g/mol. The van der Waals surface area contributed by atoms with Crippen LogP contribution in [0, 0.1) is 0 Å². The highest BCUT2D eigenvalue weighted by Gasteiger charge is 2.28. The first kappa shape index (κ1) is 14.0. The van der Waals surface area contributed by atoms with Crippen molar-refractivity contribution in [2.75, 3.05) is 26.8 Å². The van der Waals surface area contributed by atoms with E-state index in [1.807, 2.05) is 0 Å². The predicted octanol–water partition coefficient (Wildman–Crippen LogP) is 1.99. The molecule has 1 aliphatic heterocycles. The number of ether oxygens (including phenoxy) is 2. The van der Waals surface area contributed by atoms with Crippen LogP contribution in [0.25, 0.3) is 0 Å². The van der Waals surface area contributed by atoms with E-state index in [1.165, 1.54) is 0 Å². The summed E-state index contributed by atoms with van der Waals surface area (Å²) in [5.41, 5.74) is 0.677. The number of Topliss-reactive ketones (excluding diaryl/α,β-unsaturated/α-hetero) is 1. The molecule has 1 unspecified atom stereocenters. The number of hydrogen-bond acceptors (Lipinski definition) is 4. The van der Waals surface area contributed by atoms with Gasteiger partial charge < -0.3 is 9.47 Å². The fourth-order valence-corrected chi connectivity index (χ4v) is 2.24. The summed E-state index contributed by atoms with van der Waals surface area (Å²) in [5, 5.41) is 0. The fraction of sp³-hybridized carbons (Fsp3) is 0.533. The lowest BCUT2D eigenvalue weighted by Crippen LogP contribution is -2.48. The second-order valence-electron chi connectivity index (χ2n) is 5.04. The van der Waals surface area contributed by atoms with Crippen LogP contribution in [-0.2, 0) is 4.74 Å². The highest BCUT2D eigenvalue weighted by molar-refractivity contribution is 5.99. The molecule has 1 aromatic carbocycles. The van der Waals surface area contributed by atoms with Gasteiger partial charge in [0.1, 0.15) is 11.9 Å². The van der Waals surface area contributed by atoms with E-state index in [-0.39, 0.29) is 11.9 Å². The molecule has 4 heteroatoms. The Labute approximate surface area is 114 Å². The van der Waals surface area contributed by atoms with Crippen molar-refractivity contribution in [3.8, 4) is 5.75 Å². The largest absolute Gasteiger partial charge is 0.497 e. The Balaban J connectivity index is 2.05. The molecule has 1 atom stereocenters. The number of morpholine rings is 1. The first-order valence-corrected chi connectivity index (χ1v) is 6.65. The maximum atomic E-state index is 12.4. The summed E-state index contributed by atoms with van der Waals surface area (Å²) in [6.45, 7) is 6.46. The molecule has 2 rings (SSSR count). The number of benzene rings is 1. The van der Waals surface area contributed by atoms with E-state index >= 15 is 0 Å². The van der Waals surface area contributed by atoms with Crippen LogP contribution < -0.4 is 4.74 Å². The Morgan fingerprint density at radius 2 is 2.05 bits per heavy atom. The van der Waals surface area contributed by atoms with Crippen molar-refractivity contribution in [2.24, 2.45) is 0 Å². The molecule has 1 heterocycles. The smallest absolute Gasteiger partial charge is 0.192 e. The fourth-order valence-electron chi connectivity index (χ4n) is 2.24. The standard InChI is InChI=1S/C15H21NO3/c1-11(2)16-8-9-19-14(10-16)15(17)12-4-6-13(18-3)7-5-12/h4-7,11,14H,8-10H2,1-3H3. The number of hydrogen-bond donors (Lipinski definition) is 0. The van der Waals surface area contributed by atoms with Gasteiger partial charge in [-0.2, -0.15) is 0 Å². The second-order valence-corrected chi connectivity index (χ2v) is 5.04. The summed E-state index contributed by atoms with van der Waals surface area (Å²) in [6.07, 6.45) is -0.357. The van der Waals surface area contributed by atoms with E-state index in [4.69, 9.17) is 9.47 Å². The van der Waals surface area contributed by atoms with E-state index in [0.29, 0.717) is 24.8 Å². The van der Waals surface area contributed by atoms with Crippen LogP contribution in [0.5, 0.6) is 5.75 Å². The molecule has 0 aliphatic carbocycles. The van der Waals surface area contributed by atoms with Gasteiger partial charge in [-0.25, -0.2) is 0 Å². The normalized spacial score (nSPS) is 20.5. The third kappa shape index (κ3) is 3.33. The van der Waals surface area contributed by atoms with Crippen LogP contribution in [0.3, 0.4) is 0 Å². The van der Waals surface area contributed by atoms with Gasteiger partial charge in [-0.15, -0.1) is 0 Å². The monoisotopic (exact) mass is 263 g/mol. The van der Waals surface area contributed by atoms with Gasteiger partial charge >= 0.3 is 0 Å². The van der Waals surface area contributed by atoms with E-state index < -0.39 is 0 Å². The molecule has 0 spiro atoms. The molecule has 0 N–H and O–H groups in total. The Bertz CT molecular complexity index is 428. The summed E-state index contributed by atoms with van der Waals surface area (Å²) < 4.78 is 10.7. The third-order valence-electron chi connectivity index (χ3n) is 3.50. The van der Waals surface area contributed by atoms with E-state index in [9.17, 15) is 4.79 Å². The first-order chi connectivity index (χ1) is 9.11. The summed E-state index contributed by atoms with van der Waals surface area (Å²) in [5.74, 6) is 0.804. The number of carbonyl (C=O) groups is 1. The minimum atomic E-state index is -0.357. The summed E-state index contributed by atoms with van der Waals surface area (Å²) in [6, 6.07) is 7.62. The number of nitrogens with zero attached hydrogens (tertiary/aromatic N) is 1. The van der Waals surface area contributed by atoms with Crippen molar-refractivity contribution in [1.82, 2.24) is 4.90 Å². The lowest BCUT2D eigenvalue weighted by molar-refractivity contribution is -0.0256. The molecule has 1 aliphatic rings. The maximum Gasteiger partial charge on any atom is 0.192 e. The summed E-state index contributed by atoms with van der Waals surface area (Å²) in [4.78, 5) is 14.6. The molecule has 0 amide bonds. The zero-order valence-electron chi connectivity index (χ0n) is 11.8. The van der Waals surface area contributed by atoms with Crippen LogP contribution in [0.15, 0.2) is 24.3 Å². The molecule has 0 saturated carbocycles. The summed E-state index contributed by atoms with van der Waals surface area (Å²) in [7, 11) is 1.61. The minimum absolute atomic E-state index is 0.0491. The molecule has 104 valence electrons. The van der Waals surface area contributed by atoms with Gasteiger partial charge in [-0.05, 0) is 38.1 Å². The quantitative estimate of drug-likeness (QED) is 0.779. The van der Waals surface area contributed by atoms with Crippen molar-refractivity contribution in [3.05, 3.63) is 29.8 Å². The Kier molecular flexibility index (Phi) is 4.56.